The van der Waals surface area contributed by atoms with Crippen molar-refractivity contribution in [2.45, 2.75) is 146 Å². The molecular formula is C39H65NO14. The molecule has 0 aromatic heterocycles. The van der Waals surface area contributed by atoms with E-state index in [1.165, 1.54) is 20.3 Å². The van der Waals surface area contributed by atoms with Crippen LogP contribution in [-0.2, 0) is 52.3 Å². The maximum absolute atomic E-state index is 13.7. The zero-order valence-corrected chi connectivity index (χ0v) is 33.6. The zero-order valence-electron chi connectivity index (χ0n) is 33.6. The van der Waals surface area contributed by atoms with Crippen molar-refractivity contribution in [2.24, 2.45) is 29.6 Å². The first kappa shape index (κ1) is 44.8. The Balaban J connectivity index is 1.58. The monoisotopic (exact) mass is 771 g/mol. The highest BCUT2D eigenvalue weighted by molar-refractivity contribution is 5.91. The molecule has 0 aromatic carbocycles. The minimum absolute atomic E-state index is 0.0783. The van der Waals surface area contributed by atoms with Crippen molar-refractivity contribution in [3.63, 3.8) is 0 Å². The first-order chi connectivity index (χ1) is 25.5. The van der Waals surface area contributed by atoms with Crippen molar-refractivity contribution >= 4 is 18.0 Å². The number of allylic oxidation sites excluding steroid dienone is 1. The fourth-order valence-corrected chi connectivity index (χ4v) is 8.31. The average molecular weight is 772 g/mol. The summed E-state index contributed by atoms with van der Waals surface area (Å²) in [5.41, 5.74) is -0.811. The van der Waals surface area contributed by atoms with Crippen molar-refractivity contribution in [3.8, 4) is 0 Å². The molecule has 54 heavy (non-hydrogen) atoms. The highest BCUT2D eigenvalue weighted by atomic mass is 16.7. The molecule has 0 radical (unpaired) electrons. The van der Waals surface area contributed by atoms with E-state index in [1.807, 2.05) is 39.8 Å². The zero-order chi connectivity index (χ0) is 40.1. The fraction of sp³-hybridized carbons (Fsp3) is 0.872. The van der Waals surface area contributed by atoms with Crippen molar-refractivity contribution in [1.82, 2.24) is 4.90 Å². The number of carbonyl (C=O) groups is 3. The Hall–Kier alpha value is -1.89. The Morgan fingerprint density at radius 2 is 1.57 bits per heavy atom. The highest BCUT2D eigenvalue weighted by Crippen LogP contribution is 2.45. The normalized spacial score (nSPS) is 46.1. The lowest BCUT2D eigenvalue weighted by Crippen LogP contribution is -2.59. The van der Waals surface area contributed by atoms with Gasteiger partial charge in [-0.2, -0.15) is 0 Å². The molecule has 0 bridgehead atoms. The molecule has 4 rings (SSSR count). The molecule has 3 fully saturated rings. The van der Waals surface area contributed by atoms with Crippen LogP contribution in [-0.4, -0.2) is 159 Å². The predicted molar refractivity (Wildman–Crippen MR) is 194 cm³/mol. The standard InChI is InChI=1S/C39H65NO14/c1-20-15-25(12-14-41)26(18-49-32-16-27(40(7)8)33(45)23(4)51-32)21(2)29(43)17-31(44)53-30(22(3)37-39(6,54-37)13-11-28(20)42)19-50-38-36(48-10)35(47-9)34(46)24(5)52-38/h11,13-14,20-27,29-30,32-38,43,45-46H,12,15-19H2,1-10H3/b13-11+/t20-,21-,22-,23-,24+,25+,26-,27-,29-,30-,32+,33-,34-,35-,36-,37-,38+,39+/m1/s1. The number of rotatable bonds is 11. The number of epoxide rings is 1. The lowest BCUT2D eigenvalue weighted by molar-refractivity contribution is -0.306. The molecule has 4 aliphatic rings. The van der Waals surface area contributed by atoms with Crippen LogP contribution in [0.5, 0.6) is 0 Å². The Morgan fingerprint density at radius 1 is 0.907 bits per heavy atom. The number of nitrogens with zero attached hydrogens (tertiary/aromatic N) is 1. The summed E-state index contributed by atoms with van der Waals surface area (Å²) >= 11 is 0. The molecule has 0 aromatic rings. The number of aldehydes is 1. The van der Waals surface area contributed by atoms with Crippen molar-refractivity contribution in [3.05, 3.63) is 12.2 Å². The molecule has 0 saturated carbocycles. The minimum Gasteiger partial charge on any atom is -0.459 e. The minimum atomic E-state index is -1.19. The summed E-state index contributed by atoms with van der Waals surface area (Å²) in [6.45, 7) is 10.8. The summed E-state index contributed by atoms with van der Waals surface area (Å²) < 4.78 is 47.7. The molecule has 0 spiro atoms. The van der Waals surface area contributed by atoms with E-state index in [4.69, 9.17) is 37.9 Å². The number of likely N-dealkylation sites (N-methyl/N-ethyl adjacent to an activating group) is 1. The molecular weight excluding hydrogens is 706 g/mol. The van der Waals surface area contributed by atoms with Crippen molar-refractivity contribution in [2.75, 3.05) is 41.5 Å². The maximum Gasteiger partial charge on any atom is 0.308 e. The van der Waals surface area contributed by atoms with Gasteiger partial charge in [0, 0.05) is 44.9 Å². The molecule has 0 unspecified atom stereocenters. The summed E-state index contributed by atoms with van der Waals surface area (Å²) in [6.07, 6.45) is -3.81. The maximum atomic E-state index is 13.7. The molecule has 0 aliphatic carbocycles. The van der Waals surface area contributed by atoms with Gasteiger partial charge in [0.25, 0.3) is 0 Å². The molecule has 4 heterocycles. The Labute approximate surface area is 319 Å². The van der Waals surface area contributed by atoms with E-state index in [1.54, 1.807) is 26.8 Å². The number of aliphatic hydroxyl groups is 3. The third-order valence-electron chi connectivity index (χ3n) is 12.2. The number of aliphatic hydroxyl groups excluding tert-OH is 3. The molecule has 310 valence electrons. The Bertz CT molecular complexity index is 1270. The Morgan fingerprint density at radius 3 is 2.20 bits per heavy atom. The topological polar surface area (TPSA) is 192 Å². The van der Waals surface area contributed by atoms with Gasteiger partial charge in [0.1, 0.15) is 36.3 Å². The van der Waals surface area contributed by atoms with Crippen LogP contribution in [0.25, 0.3) is 0 Å². The molecule has 15 heteroatoms. The molecule has 4 aliphatic heterocycles. The van der Waals surface area contributed by atoms with Gasteiger partial charge in [-0.15, -0.1) is 0 Å². The number of esters is 1. The molecule has 18 atom stereocenters. The van der Waals surface area contributed by atoms with Crippen LogP contribution >= 0.6 is 0 Å². The van der Waals surface area contributed by atoms with Gasteiger partial charge in [0.05, 0.1) is 50.2 Å². The highest BCUT2D eigenvalue weighted by Gasteiger charge is 2.56. The summed E-state index contributed by atoms with van der Waals surface area (Å²) in [4.78, 5) is 41.1. The summed E-state index contributed by atoms with van der Waals surface area (Å²) in [6, 6.07) is -0.207. The molecule has 3 saturated heterocycles. The SMILES string of the molecule is CO[C@@H]1[C@H](O)[C@H](C)O[C@H](OC[C@H]2OC(=O)C[C@@H](O)[C@H](C)[C@@H](CO[C@@H]3C[C@@H](N(C)C)[C@H](O)[C@@H](C)O3)[C@@H](CC=O)C[C@@H](C)C(=O)/C=C/[C@]3(C)O[C@@H]3[C@@H]2C)[C@@H]1OC. The second kappa shape index (κ2) is 19.5. The quantitative estimate of drug-likeness (QED) is 0.156. The molecule has 15 nitrogen and oxygen atoms in total. The van der Waals surface area contributed by atoms with E-state index in [-0.39, 0.29) is 43.8 Å². The van der Waals surface area contributed by atoms with Crippen LogP contribution in [0.4, 0.5) is 0 Å². The molecule has 0 amide bonds. The van der Waals surface area contributed by atoms with E-state index in [2.05, 4.69) is 0 Å². The number of methoxy groups -OCH3 is 2. The first-order valence-corrected chi connectivity index (χ1v) is 19.3. The van der Waals surface area contributed by atoms with Crippen molar-refractivity contribution in [1.29, 1.82) is 0 Å². The second-order valence-electron chi connectivity index (χ2n) is 16.2. The number of fused-ring (bicyclic) bond motifs is 1. The van der Waals surface area contributed by atoms with Gasteiger partial charge in [-0.05, 0) is 71.2 Å². The third-order valence-corrected chi connectivity index (χ3v) is 12.2. The van der Waals surface area contributed by atoms with E-state index < -0.39 is 103 Å². The van der Waals surface area contributed by atoms with Crippen molar-refractivity contribution < 1.29 is 67.6 Å². The smallest absolute Gasteiger partial charge is 0.308 e. The van der Waals surface area contributed by atoms with Crippen LogP contribution < -0.4 is 0 Å². The van der Waals surface area contributed by atoms with Gasteiger partial charge < -0.3 is 62.9 Å². The largest absolute Gasteiger partial charge is 0.459 e. The number of cyclic esters (lactones) is 1. The number of ketones is 1. The second-order valence-corrected chi connectivity index (χ2v) is 16.2. The predicted octanol–water partition coefficient (Wildman–Crippen LogP) is 1.66. The number of carbonyl (C=O) groups excluding carboxylic acids is 3. The van der Waals surface area contributed by atoms with Gasteiger partial charge >= 0.3 is 5.97 Å². The summed E-state index contributed by atoms with van der Waals surface area (Å²) in [5, 5.41) is 32.9. The third kappa shape index (κ3) is 10.7. The molecule has 3 N–H and O–H groups in total. The van der Waals surface area contributed by atoms with E-state index >= 15 is 0 Å². The van der Waals surface area contributed by atoms with E-state index in [0.717, 1.165) is 6.29 Å². The van der Waals surface area contributed by atoms with Crippen LogP contribution in [0, 0.1) is 29.6 Å². The van der Waals surface area contributed by atoms with Gasteiger partial charge in [-0.25, -0.2) is 0 Å². The fourth-order valence-electron chi connectivity index (χ4n) is 8.31. The Kier molecular flexibility index (Phi) is 16.2. The average Bonchev–Trinajstić information content (AvgIpc) is 3.81. The lowest BCUT2D eigenvalue weighted by atomic mass is 9.74. The van der Waals surface area contributed by atoms with Gasteiger partial charge in [0.2, 0.25) is 0 Å². The van der Waals surface area contributed by atoms with Gasteiger partial charge in [-0.3, -0.25) is 9.59 Å². The van der Waals surface area contributed by atoms with Crippen LogP contribution in [0.2, 0.25) is 0 Å². The number of hydrogen-bond donors (Lipinski definition) is 3. The van der Waals surface area contributed by atoms with Crippen LogP contribution in [0.15, 0.2) is 12.2 Å². The number of ether oxygens (including phenoxy) is 8. The lowest BCUT2D eigenvalue weighted by Gasteiger charge is -2.42. The number of hydrogen-bond acceptors (Lipinski definition) is 15. The van der Waals surface area contributed by atoms with Crippen LogP contribution in [0.3, 0.4) is 0 Å². The van der Waals surface area contributed by atoms with Gasteiger partial charge in [-0.1, -0.05) is 20.8 Å². The first-order valence-electron chi connectivity index (χ1n) is 19.3. The summed E-state index contributed by atoms with van der Waals surface area (Å²) in [5.74, 6) is -3.06. The van der Waals surface area contributed by atoms with Crippen LogP contribution in [0.1, 0.15) is 67.2 Å². The summed E-state index contributed by atoms with van der Waals surface area (Å²) in [7, 11) is 6.68. The van der Waals surface area contributed by atoms with E-state index in [0.29, 0.717) is 12.8 Å². The van der Waals surface area contributed by atoms with Gasteiger partial charge in [0.15, 0.2) is 18.4 Å². The van der Waals surface area contributed by atoms with E-state index in [9.17, 15) is 29.7 Å².